The monoisotopic (exact) mass is 273 g/mol. The zero-order valence-electron chi connectivity index (χ0n) is 10.3. The molecule has 3 rings (SSSR count). The average molecular weight is 274 g/mol. The molecule has 19 heavy (non-hydrogen) atoms. The summed E-state index contributed by atoms with van der Waals surface area (Å²) >= 11 is 5.74. The molecular weight excluding hydrogens is 262 g/mol. The third kappa shape index (κ3) is 2.17. The normalized spacial score (nSPS) is 12.7. The van der Waals surface area contributed by atoms with Crippen molar-refractivity contribution >= 4 is 45.1 Å². The van der Waals surface area contributed by atoms with Crippen LogP contribution in [0.4, 0.5) is 5.69 Å². The highest BCUT2D eigenvalue weighted by atomic mass is 35.5. The lowest BCUT2D eigenvalue weighted by atomic mass is 10.1. The van der Waals surface area contributed by atoms with Gasteiger partial charge in [-0.25, -0.2) is 0 Å². The number of para-hydroxylation sites is 1. The lowest BCUT2D eigenvalue weighted by Gasteiger charge is -2.06. The molecule has 1 atom stereocenters. The third-order valence-electron chi connectivity index (χ3n) is 3.01. The summed E-state index contributed by atoms with van der Waals surface area (Å²) in [6, 6.07) is 13.4. The van der Waals surface area contributed by atoms with Crippen LogP contribution in [0.15, 0.2) is 46.9 Å². The van der Waals surface area contributed by atoms with Gasteiger partial charge in [-0.1, -0.05) is 18.2 Å². The number of fused-ring (bicyclic) bond motifs is 3. The number of anilines is 1. The number of carbonyl (C=O) groups is 1. The second kappa shape index (κ2) is 4.59. The van der Waals surface area contributed by atoms with E-state index in [9.17, 15) is 4.79 Å². The first-order chi connectivity index (χ1) is 9.15. The molecule has 0 aliphatic heterocycles. The number of halogens is 1. The van der Waals surface area contributed by atoms with Crippen LogP contribution in [0, 0.1) is 0 Å². The van der Waals surface area contributed by atoms with Crippen molar-refractivity contribution in [3.63, 3.8) is 0 Å². The van der Waals surface area contributed by atoms with Gasteiger partial charge in [0.15, 0.2) is 0 Å². The van der Waals surface area contributed by atoms with Gasteiger partial charge in [-0.3, -0.25) is 4.79 Å². The molecule has 1 heterocycles. The molecule has 2 aromatic carbocycles. The number of hydrogen-bond acceptors (Lipinski definition) is 2. The Hall–Kier alpha value is -2.00. The fourth-order valence-electron chi connectivity index (χ4n) is 2.05. The first-order valence-electron chi connectivity index (χ1n) is 6.01. The number of rotatable bonds is 2. The van der Waals surface area contributed by atoms with Crippen molar-refractivity contribution in [2.45, 2.75) is 12.3 Å². The summed E-state index contributed by atoms with van der Waals surface area (Å²) in [7, 11) is 0. The Bertz CT molecular complexity index is 761. The molecule has 0 radical (unpaired) electrons. The van der Waals surface area contributed by atoms with E-state index in [4.69, 9.17) is 16.0 Å². The van der Waals surface area contributed by atoms with Gasteiger partial charge in [-0.05, 0) is 31.2 Å². The molecule has 4 heteroatoms. The Morgan fingerprint density at radius 2 is 1.89 bits per heavy atom. The van der Waals surface area contributed by atoms with Crippen molar-refractivity contribution in [2.75, 3.05) is 5.32 Å². The molecule has 3 aromatic rings. The summed E-state index contributed by atoms with van der Waals surface area (Å²) in [5, 5.41) is 4.23. The van der Waals surface area contributed by atoms with Crippen molar-refractivity contribution < 1.29 is 9.21 Å². The minimum absolute atomic E-state index is 0.214. The number of hydrogen-bond donors (Lipinski definition) is 1. The fraction of sp³-hybridized carbons (Fsp3) is 0.133. The Labute approximate surface area is 115 Å². The first kappa shape index (κ1) is 12.1. The summed E-state index contributed by atoms with van der Waals surface area (Å²) in [4.78, 5) is 11.6. The minimum Gasteiger partial charge on any atom is -0.456 e. The number of alkyl halides is 1. The number of carbonyl (C=O) groups excluding carboxylic acids is 1. The Kier molecular flexibility index (Phi) is 2.91. The molecule has 0 spiro atoms. The van der Waals surface area contributed by atoms with Crippen LogP contribution < -0.4 is 5.32 Å². The third-order valence-corrected chi connectivity index (χ3v) is 3.20. The van der Waals surface area contributed by atoms with E-state index in [-0.39, 0.29) is 5.91 Å². The Balaban J connectivity index is 2.09. The quantitative estimate of drug-likeness (QED) is 0.713. The molecule has 1 N–H and O–H groups in total. The van der Waals surface area contributed by atoms with Gasteiger partial charge in [0.1, 0.15) is 16.5 Å². The van der Waals surface area contributed by atoms with E-state index in [2.05, 4.69) is 5.32 Å². The van der Waals surface area contributed by atoms with Gasteiger partial charge in [0.2, 0.25) is 5.91 Å². The van der Waals surface area contributed by atoms with Crippen LogP contribution in [-0.4, -0.2) is 11.3 Å². The van der Waals surface area contributed by atoms with Gasteiger partial charge >= 0.3 is 0 Å². The molecule has 0 fully saturated rings. The SMILES string of the molecule is CC(Cl)C(=O)Nc1ccc2oc3ccccc3c2c1. The molecule has 0 bridgehead atoms. The van der Waals surface area contributed by atoms with E-state index in [1.54, 1.807) is 6.92 Å². The van der Waals surface area contributed by atoms with Crippen molar-refractivity contribution in [1.82, 2.24) is 0 Å². The Morgan fingerprint density at radius 3 is 2.68 bits per heavy atom. The lowest BCUT2D eigenvalue weighted by molar-refractivity contribution is -0.115. The molecule has 1 unspecified atom stereocenters. The van der Waals surface area contributed by atoms with E-state index in [0.717, 1.165) is 27.6 Å². The zero-order valence-corrected chi connectivity index (χ0v) is 11.1. The lowest BCUT2D eigenvalue weighted by Crippen LogP contribution is -2.20. The molecule has 1 aromatic heterocycles. The maximum atomic E-state index is 11.6. The topological polar surface area (TPSA) is 42.2 Å². The van der Waals surface area contributed by atoms with E-state index in [0.29, 0.717) is 0 Å². The van der Waals surface area contributed by atoms with Crippen LogP contribution in [0.25, 0.3) is 21.9 Å². The maximum absolute atomic E-state index is 11.6. The van der Waals surface area contributed by atoms with Gasteiger partial charge in [0, 0.05) is 16.5 Å². The van der Waals surface area contributed by atoms with Crippen LogP contribution >= 0.6 is 11.6 Å². The molecule has 96 valence electrons. The summed E-state index contributed by atoms with van der Waals surface area (Å²) in [6.45, 7) is 1.64. The highest BCUT2D eigenvalue weighted by Crippen LogP contribution is 2.30. The predicted molar refractivity (Wildman–Crippen MR) is 77.7 cm³/mol. The van der Waals surface area contributed by atoms with Crippen molar-refractivity contribution in [3.8, 4) is 0 Å². The van der Waals surface area contributed by atoms with Crippen LogP contribution in [-0.2, 0) is 4.79 Å². The van der Waals surface area contributed by atoms with Crippen LogP contribution in [0.2, 0.25) is 0 Å². The summed E-state index contributed by atoms with van der Waals surface area (Å²) < 4.78 is 5.72. The minimum atomic E-state index is -0.559. The highest BCUT2D eigenvalue weighted by Gasteiger charge is 2.11. The van der Waals surface area contributed by atoms with Crippen LogP contribution in [0.5, 0.6) is 0 Å². The second-order valence-electron chi connectivity index (χ2n) is 4.41. The molecule has 0 aliphatic carbocycles. The smallest absolute Gasteiger partial charge is 0.242 e. The summed E-state index contributed by atoms with van der Waals surface area (Å²) in [6.07, 6.45) is 0. The predicted octanol–water partition coefficient (Wildman–Crippen LogP) is 4.15. The van der Waals surface area contributed by atoms with E-state index < -0.39 is 5.38 Å². The number of furan rings is 1. The molecular formula is C15H12ClNO2. The van der Waals surface area contributed by atoms with Gasteiger partial charge in [0.05, 0.1) is 0 Å². The van der Waals surface area contributed by atoms with Gasteiger partial charge in [-0.15, -0.1) is 11.6 Å². The van der Waals surface area contributed by atoms with Gasteiger partial charge in [0.25, 0.3) is 0 Å². The second-order valence-corrected chi connectivity index (χ2v) is 5.07. The van der Waals surface area contributed by atoms with Crippen molar-refractivity contribution in [2.24, 2.45) is 0 Å². The zero-order chi connectivity index (χ0) is 13.4. The number of nitrogens with one attached hydrogen (secondary N) is 1. The highest BCUT2D eigenvalue weighted by molar-refractivity contribution is 6.32. The summed E-state index contributed by atoms with van der Waals surface area (Å²) in [5.41, 5.74) is 2.36. The molecule has 1 amide bonds. The first-order valence-corrected chi connectivity index (χ1v) is 6.45. The molecule has 0 saturated heterocycles. The molecule has 0 aliphatic rings. The van der Waals surface area contributed by atoms with Crippen molar-refractivity contribution in [3.05, 3.63) is 42.5 Å². The molecule has 0 saturated carbocycles. The van der Waals surface area contributed by atoms with Crippen LogP contribution in [0.1, 0.15) is 6.92 Å². The van der Waals surface area contributed by atoms with E-state index in [1.807, 2.05) is 42.5 Å². The van der Waals surface area contributed by atoms with Gasteiger partial charge < -0.3 is 9.73 Å². The van der Waals surface area contributed by atoms with Gasteiger partial charge in [-0.2, -0.15) is 0 Å². The average Bonchev–Trinajstić information content (AvgIpc) is 2.76. The number of benzene rings is 2. The van der Waals surface area contributed by atoms with E-state index >= 15 is 0 Å². The maximum Gasteiger partial charge on any atom is 0.242 e. The summed E-state index contributed by atoms with van der Waals surface area (Å²) in [5.74, 6) is -0.214. The standard InChI is InChI=1S/C15H12ClNO2/c1-9(16)15(18)17-10-6-7-14-12(8-10)11-4-2-3-5-13(11)19-14/h2-9H,1H3,(H,17,18). The van der Waals surface area contributed by atoms with Crippen molar-refractivity contribution in [1.29, 1.82) is 0 Å². The Morgan fingerprint density at radius 1 is 1.16 bits per heavy atom. The fourth-order valence-corrected chi connectivity index (χ4v) is 2.10. The molecule has 3 nitrogen and oxygen atoms in total. The largest absolute Gasteiger partial charge is 0.456 e. The van der Waals surface area contributed by atoms with E-state index in [1.165, 1.54) is 0 Å². The number of amides is 1. The van der Waals surface area contributed by atoms with Crippen LogP contribution in [0.3, 0.4) is 0 Å².